The van der Waals surface area contributed by atoms with Gasteiger partial charge in [0.2, 0.25) is 0 Å². The van der Waals surface area contributed by atoms with Gasteiger partial charge >= 0.3 is 5.97 Å². The molecule has 1 aliphatic heterocycles. The minimum absolute atomic E-state index is 0.164. The Morgan fingerprint density at radius 1 is 1.08 bits per heavy atom. The van der Waals surface area contributed by atoms with Crippen molar-refractivity contribution in [2.75, 3.05) is 31.7 Å². The Hall–Kier alpha value is -4.47. The van der Waals surface area contributed by atoms with E-state index in [9.17, 15) is 9.18 Å². The van der Waals surface area contributed by atoms with Gasteiger partial charge in [0.25, 0.3) is 0 Å². The SMILES string of the molecule is C=CCOC1(C)CCN(c2c(C(OC(C)(C)C)C(=O)OC)c(C)cn3nc(-c4cccc(-c5ccc(F)cc5OC(C)CC=C)c4)cc23)CC1. The summed E-state index contributed by atoms with van der Waals surface area (Å²) < 4.78 is 40.3. The first-order chi connectivity index (χ1) is 23.8. The van der Waals surface area contributed by atoms with Crippen molar-refractivity contribution in [2.24, 2.45) is 0 Å². The van der Waals surface area contributed by atoms with Crippen LogP contribution in [0, 0.1) is 12.7 Å². The van der Waals surface area contributed by atoms with E-state index >= 15 is 0 Å². The Kier molecular flexibility index (Phi) is 11.2. The van der Waals surface area contributed by atoms with E-state index in [1.54, 1.807) is 18.2 Å². The molecule has 2 aromatic carbocycles. The van der Waals surface area contributed by atoms with Gasteiger partial charge in [-0.1, -0.05) is 30.4 Å². The van der Waals surface area contributed by atoms with Crippen molar-refractivity contribution in [3.05, 3.63) is 97.0 Å². The van der Waals surface area contributed by atoms with E-state index in [0.717, 1.165) is 57.6 Å². The fourth-order valence-electron chi connectivity index (χ4n) is 6.52. The molecule has 2 atom stereocenters. The van der Waals surface area contributed by atoms with Crippen LogP contribution in [0.2, 0.25) is 0 Å². The normalized spacial score (nSPS) is 15.8. The topological polar surface area (TPSA) is 74.5 Å². The maximum atomic E-state index is 14.4. The number of aromatic nitrogens is 2. The number of piperidine rings is 1. The van der Waals surface area contributed by atoms with Gasteiger partial charge in [0, 0.05) is 48.5 Å². The van der Waals surface area contributed by atoms with Gasteiger partial charge in [0.1, 0.15) is 11.6 Å². The number of nitrogens with zero attached hydrogens (tertiary/aromatic N) is 3. The van der Waals surface area contributed by atoms with Crippen LogP contribution in [-0.4, -0.2) is 59.7 Å². The lowest BCUT2D eigenvalue weighted by Gasteiger charge is -2.41. The van der Waals surface area contributed by atoms with Crippen molar-refractivity contribution in [1.82, 2.24) is 9.61 Å². The zero-order valence-electron chi connectivity index (χ0n) is 30.4. The summed E-state index contributed by atoms with van der Waals surface area (Å²) in [7, 11) is 1.39. The van der Waals surface area contributed by atoms with Crippen LogP contribution in [-0.2, 0) is 19.0 Å². The zero-order valence-corrected chi connectivity index (χ0v) is 30.4. The third kappa shape index (κ3) is 8.28. The summed E-state index contributed by atoms with van der Waals surface area (Å²) in [6.07, 6.45) is 6.61. The molecule has 3 heterocycles. The average molecular weight is 684 g/mol. The third-order valence-electron chi connectivity index (χ3n) is 9.05. The van der Waals surface area contributed by atoms with Gasteiger partial charge in [0.15, 0.2) is 6.10 Å². The minimum atomic E-state index is -0.951. The predicted octanol–water partition coefficient (Wildman–Crippen LogP) is 9.05. The van der Waals surface area contributed by atoms with Crippen LogP contribution < -0.4 is 9.64 Å². The van der Waals surface area contributed by atoms with Crippen molar-refractivity contribution >= 4 is 17.2 Å². The van der Waals surface area contributed by atoms with Crippen molar-refractivity contribution in [2.45, 2.75) is 84.2 Å². The lowest BCUT2D eigenvalue weighted by atomic mass is 9.91. The second-order valence-electron chi connectivity index (χ2n) is 14.3. The molecule has 1 saturated heterocycles. The molecular formula is C41H50FN3O5. The highest BCUT2D eigenvalue weighted by atomic mass is 19.1. The molecule has 9 heteroatoms. The van der Waals surface area contributed by atoms with E-state index < -0.39 is 17.7 Å². The number of halogens is 1. The summed E-state index contributed by atoms with van der Waals surface area (Å²) in [5.41, 5.74) is 5.72. The van der Waals surface area contributed by atoms with Gasteiger partial charge in [-0.3, -0.25) is 0 Å². The first-order valence-electron chi connectivity index (χ1n) is 17.2. The van der Waals surface area contributed by atoms with E-state index in [2.05, 4.69) is 31.0 Å². The number of benzene rings is 2. The van der Waals surface area contributed by atoms with Crippen LogP contribution in [0.3, 0.4) is 0 Å². The molecule has 0 bridgehead atoms. The number of rotatable bonds is 13. The summed E-state index contributed by atoms with van der Waals surface area (Å²) in [4.78, 5) is 15.7. The second-order valence-corrected chi connectivity index (χ2v) is 14.3. The Labute approximate surface area is 295 Å². The van der Waals surface area contributed by atoms with E-state index in [4.69, 9.17) is 24.0 Å². The van der Waals surface area contributed by atoms with Crippen molar-refractivity contribution in [3.63, 3.8) is 0 Å². The average Bonchev–Trinajstić information content (AvgIpc) is 3.49. The number of pyridine rings is 1. The molecule has 50 heavy (non-hydrogen) atoms. The van der Waals surface area contributed by atoms with E-state index in [-0.39, 0.29) is 17.5 Å². The highest BCUT2D eigenvalue weighted by molar-refractivity contribution is 5.88. The third-order valence-corrected chi connectivity index (χ3v) is 9.05. The molecule has 0 aliphatic carbocycles. The number of carbonyl (C=O) groups excluding carboxylic acids is 1. The summed E-state index contributed by atoms with van der Waals surface area (Å²) in [6.45, 7) is 21.4. The number of aryl methyl sites for hydroxylation is 1. The first-order valence-corrected chi connectivity index (χ1v) is 17.2. The van der Waals surface area contributed by atoms with E-state index in [1.165, 1.54) is 19.2 Å². The Morgan fingerprint density at radius 3 is 2.46 bits per heavy atom. The summed E-state index contributed by atoms with van der Waals surface area (Å²) in [6, 6.07) is 14.7. The van der Waals surface area contributed by atoms with Crippen LogP contribution in [0.4, 0.5) is 10.1 Å². The van der Waals surface area contributed by atoms with Gasteiger partial charge < -0.3 is 23.8 Å². The van der Waals surface area contributed by atoms with Crippen molar-refractivity contribution < 1.29 is 28.1 Å². The van der Waals surface area contributed by atoms with E-state index in [0.29, 0.717) is 31.9 Å². The largest absolute Gasteiger partial charge is 0.490 e. The fraction of sp³-hybridized carbons (Fsp3) is 0.415. The van der Waals surface area contributed by atoms with Crippen molar-refractivity contribution in [3.8, 4) is 28.1 Å². The lowest BCUT2D eigenvalue weighted by molar-refractivity contribution is -0.164. The zero-order chi connectivity index (χ0) is 36.2. The molecule has 0 radical (unpaired) electrons. The number of hydrogen-bond donors (Lipinski definition) is 0. The Balaban J connectivity index is 1.64. The maximum Gasteiger partial charge on any atom is 0.339 e. The van der Waals surface area contributed by atoms with Gasteiger partial charge in [-0.15, -0.1) is 13.2 Å². The van der Waals surface area contributed by atoms with Gasteiger partial charge in [-0.05, 0) is 89.8 Å². The summed E-state index contributed by atoms with van der Waals surface area (Å²) >= 11 is 0. The van der Waals surface area contributed by atoms with Crippen molar-refractivity contribution in [1.29, 1.82) is 0 Å². The number of methoxy groups -OCH3 is 1. The molecule has 8 nitrogen and oxygen atoms in total. The van der Waals surface area contributed by atoms with Gasteiger partial charge in [-0.2, -0.15) is 5.10 Å². The quantitative estimate of drug-likeness (QED) is 0.103. The van der Waals surface area contributed by atoms with Crippen LogP contribution in [0.5, 0.6) is 5.75 Å². The molecule has 1 aliphatic rings. The predicted molar refractivity (Wildman–Crippen MR) is 197 cm³/mol. The minimum Gasteiger partial charge on any atom is -0.490 e. The lowest BCUT2D eigenvalue weighted by Crippen LogP contribution is -2.45. The number of fused-ring (bicyclic) bond motifs is 1. The second kappa shape index (κ2) is 15.2. The fourth-order valence-corrected chi connectivity index (χ4v) is 6.52. The molecular weight excluding hydrogens is 633 g/mol. The monoisotopic (exact) mass is 683 g/mol. The van der Waals surface area contributed by atoms with Gasteiger partial charge in [-0.25, -0.2) is 13.7 Å². The molecule has 5 rings (SSSR count). The number of ether oxygens (including phenoxy) is 4. The van der Waals surface area contributed by atoms with E-state index in [1.807, 2.05) is 69.6 Å². The Bertz CT molecular complexity index is 1850. The molecule has 2 unspecified atom stereocenters. The number of esters is 1. The molecule has 1 fully saturated rings. The van der Waals surface area contributed by atoms with Crippen LogP contribution in [0.25, 0.3) is 27.9 Å². The van der Waals surface area contributed by atoms with Gasteiger partial charge in [0.05, 0.1) is 47.9 Å². The molecule has 0 spiro atoms. The number of anilines is 1. The molecule has 0 N–H and O–H groups in total. The molecule has 2 aromatic heterocycles. The highest BCUT2D eigenvalue weighted by Gasteiger charge is 2.37. The molecule has 0 amide bonds. The number of carbonyl (C=O) groups is 1. The smallest absolute Gasteiger partial charge is 0.339 e. The van der Waals surface area contributed by atoms with Crippen LogP contribution in [0.1, 0.15) is 71.1 Å². The standard InChI is InChI=1S/C41H50FN3O5/c1-10-13-28(4)49-35-24-31(42)16-17-32(35)29-14-12-15-30(23-29)33-25-34-37(44-20-18-41(8,19-21-44)48-22-11-2)36(27(3)26-45(34)43-33)38(39(46)47-9)50-40(5,6)7/h10-12,14-17,23-26,28,38H,1-2,13,18-22H2,3-9H3. The molecule has 4 aromatic rings. The molecule has 266 valence electrons. The maximum absolute atomic E-state index is 14.4. The first kappa shape index (κ1) is 36.8. The van der Waals surface area contributed by atoms with Crippen LogP contribution in [0.15, 0.2) is 80.0 Å². The van der Waals surface area contributed by atoms with Crippen LogP contribution >= 0.6 is 0 Å². The number of hydrogen-bond acceptors (Lipinski definition) is 7. The highest BCUT2D eigenvalue weighted by Crippen LogP contribution is 2.42. The molecule has 0 saturated carbocycles. The summed E-state index contributed by atoms with van der Waals surface area (Å²) in [5.74, 6) is -0.358. The Morgan fingerprint density at radius 2 is 1.80 bits per heavy atom. The summed E-state index contributed by atoms with van der Waals surface area (Å²) in [5, 5.41) is 5.05.